The third-order valence-corrected chi connectivity index (χ3v) is 3.19. The van der Waals surface area contributed by atoms with Crippen molar-refractivity contribution in [2.45, 2.75) is 0 Å². The van der Waals surface area contributed by atoms with Gasteiger partial charge in [-0.15, -0.1) is 15.0 Å². The molecular weight excluding hydrogens is 278 g/mol. The summed E-state index contributed by atoms with van der Waals surface area (Å²) in [5, 5.41) is 12.5. The van der Waals surface area contributed by atoms with Crippen LogP contribution >= 0.6 is 0 Å². The van der Waals surface area contributed by atoms with E-state index in [9.17, 15) is 0 Å². The molecule has 0 saturated carbocycles. The van der Waals surface area contributed by atoms with E-state index < -0.39 is 0 Å². The molecule has 0 N–H and O–H groups in total. The number of benzene rings is 1. The van der Waals surface area contributed by atoms with E-state index in [2.05, 4.69) is 20.4 Å². The van der Waals surface area contributed by atoms with Crippen molar-refractivity contribution in [1.29, 1.82) is 0 Å². The molecule has 0 fully saturated rings. The average Bonchev–Trinajstić information content (AvgIpc) is 3.28. The van der Waals surface area contributed by atoms with Gasteiger partial charge in [0.05, 0.1) is 12.0 Å². The minimum atomic E-state index is 0.490. The van der Waals surface area contributed by atoms with Crippen LogP contribution in [0.2, 0.25) is 0 Å². The zero-order valence-corrected chi connectivity index (χ0v) is 11.5. The van der Waals surface area contributed by atoms with Gasteiger partial charge in [0.2, 0.25) is 5.82 Å². The van der Waals surface area contributed by atoms with Gasteiger partial charge in [0.15, 0.2) is 0 Å². The lowest BCUT2D eigenvalue weighted by atomic mass is 10.1. The minimum Gasteiger partial charge on any atom is -0.464 e. The van der Waals surface area contributed by atoms with Gasteiger partial charge in [0.25, 0.3) is 0 Å². The molecule has 1 aromatic carbocycles. The maximum atomic E-state index is 5.41. The highest BCUT2D eigenvalue weighted by Gasteiger charge is 2.09. The molecule has 0 atom stereocenters. The van der Waals surface area contributed by atoms with Gasteiger partial charge in [-0.1, -0.05) is 18.2 Å². The first-order valence-corrected chi connectivity index (χ1v) is 6.76. The van der Waals surface area contributed by atoms with E-state index in [1.54, 1.807) is 12.5 Å². The number of hydrogen-bond donors (Lipinski definition) is 0. The predicted molar refractivity (Wildman–Crippen MR) is 80.1 cm³/mol. The van der Waals surface area contributed by atoms with Crippen LogP contribution < -0.4 is 0 Å². The largest absolute Gasteiger partial charge is 0.464 e. The molecule has 0 amide bonds. The SMILES string of the molecule is c1ccc(-c2nnn(-c3cccc(-c4ccco4)c3)n2)nc1. The number of aromatic nitrogens is 5. The van der Waals surface area contributed by atoms with Gasteiger partial charge < -0.3 is 4.42 Å². The number of nitrogens with zero attached hydrogens (tertiary/aromatic N) is 5. The van der Waals surface area contributed by atoms with Crippen LogP contribution in [0.15, 0.2) is 71.5 Å². The molecule has 3 aromatic heterocycles. The number of pyridine rings is 1. The summed E-state index contributed by atoms with van der Waals surface area (Å²) in [6, 6.07) is 17.1. The molecule has 6 nitrogen and oxygen atoms in total. The first kappa shape index (κ1) is 12.5. The maximum Gasteiger partial charge on any atom is 0.223 e. The van der Waals surface area contributed by atoms with E-state index in [0.29, 0.717) is 11.5 Å². The summed E-state index contributed by atoms with van der Waals surface area (Å²) in [6.45, 7) is 0. The van der Waals surface area contributed by atoms with Crippen LogP contribution in [0.1, 0.15) is 0 Å². The Kier molecular flexibility index (Phi) is 2.97. The van der Waals surface area contributed by atoms with E-state index in [4.69, 9.17) is 4.42 Å². The molecular formula is C16H11N5O. The Labute approximate surface area is 126 Å². The van der Waals surface area contributed by atoms with Gasteiger partial charge in [-0.25, -0.2) is 0 Å². The van der Waals surface area contributed by atoms with Gasteiger partial charge in [0, 0.05) is 11.8 Å². The van der Waals surface area contributed by atoms with Crippen LogP contribution in [0, 0.1) is 0 Å². The minimum absolute atomic E-state index is 0.490. The van der Waals surface area contributed by atoms with Crippen molar-refractivity contribution in [3.8, 4) is 28.5 Å². The summed E-state index contributed by atoms with van der Waals surface area (Å²) < 4.78 is 5.41. The zero-order valence-electron chi connectivity index (χ0n) is 11.5. The van der Waals surface area contributed by atoms with E-state index in [0.717, 1.165) is 17.0 Å². The smallest absolute Gasteiger partial charge is 0.223 e. The van der Waals surface area contributed by atoms with Crippen LogP contribution in [-0.4, -0.2) is 25.2 Å². The van der Waals surface area contributed by atoms with Crippen molar-refractivity contribution in [2.24, 2.45) is 0 Å². The average molecular weight is 289 g/mol. The van der Waals surface area contributed by atoms with Gasteiger partial charge in [-0.2, -0.15) is 0 Å². The Hall–Kier alpha value is -3.28. The predicted octanol–water partition coefficient (Wildman–Crippen LogP) is 2.98. The Morgan fingerprint density at radius 3 is 2.77 bits per heavy atom. The molecule has 0 aliphatic rings. The van der Waals surface area contributed by atoms with Gasteiger partial charge in [-0.05, 0) is 41.6 Å². The first-order valence-electron chi connectivity index (χ1n) is 6.76. The zero-order chi connectivity index (χ0) is 14.8. The van der Waals surface area contributed by atoms with Crippen molar-refractivity contribution in [3.05, 3.63) is 67.1 Å². The standard InChI is InChI=1S/C16H11N5O/c1-2-9-17-14(7-1)16-18-20-21(19-16)13-6-3-5-12(11-13)15-8-4-10-22-15/h1-11H. The second-order valence-electron chi connectivity index (χ2n) is 4.65. The molecule has 22 heavy (non-hydrogen) atoms. The molecule has 0 spiro atoms. The molecule has 0 aliphatic heterocycles. The van der Waals surface area contributed by atoms with Crippen molar-refractivity contribution in [2.75, 3.05) is 0 Å². The molecule has 4 rings (SSSR count). The second-order valence-corrected chi connectivity index (χ2v) is 4.65. The summed E-state index contributed by atoms with van der Waals surface area (Å²) in [5.41, 5.74) is 2.46. The maximum absolute atomic E-state index is 5.41. The fraction of sp³-hybridized carbons (Fsp3) is 0. The van der Waals surface area contributed by atoms with Crippen LogP contribution in [-0.2, 0) is 0 Å². The Balaban J connectivity index is 1.71. The van der Waals surface area contributed by atoms with Crippen LogP contribution in [0.25, 0.3) is 28.5 Å². The fourth-order valence-electron chi connectivity index (χ4n) is 2.15. The van der Waals surface area contributed by atoms with Crippen LogP contribution in [0.4, 0.5) is 0 Å². The monoisotopic (exact) mass is 289 g/mol. The van der Waals surface area contributed by atoms with Crippen molar-refractivity contribution in [3.63, 3.8) is 0 Å². The summed E-state index contributed by atoms with van der Waals surface area (Å²) in [7, 11) is 0. The molecule has 0 aliphatic carbocycles. The van der Waals surface area contributed by atoms with Crippen molar-refractivity contribution >= 4 is 0 Å². The lowest BCUT2D eigenvalue weighted by Crippen LogP contribution is -1.99. The molecule has 0 bridgehead atoms. The molecule has 0 radical (unpaired) electrons. The summed E-state index contributed by atoms with van der Waals surface area (Å²) in [5.74, 6) is 1.29. The molecule has 0 saturated heterocycles. The van der Waals surface area contributed by atoms with Crippen molar-refractivity contribution < 1.29 is 4.42 Å². The van der Waals surface area contributed by atoms with Gasteiger partial charge in [0.1, 0.15) is 11.5 Å². The molecule has 4 aromatic rings. The van der Waals surface area contributed by atoms with Crippen molar-refractivity contribution in [1.82, 2.24) is 25.2 Å². The van der Waals surface area contributed by atoms with Crippen LogP contribution in [0.3, 0.4) is 0 Å². The molecule has 0 unspecified atom stereocenters. The lowest BCUT2D eigenvalue weighted by molar-refractivity contribution is 0.582. The summed E-state index contributed by atoms with van der Waals surface area (Å²) in [6.07, 6.45) is 3.35. The fourth-order valence-corrected chi connectivity index (χ4v) is 2.15. The molecule has 6 heteroatoms. The quantitative estimate of drug-likeness (QED) is 0.580. The third-order valence-electron chi connectivity index (χ3n) is 3.19. The number of furan rings is 1. The number of tetrazole rings is 1. The highest BCUT2D eigenvalue weighted by molar-refractivity contribution is 5.60. The first-order chi connectivity index (χ1) is 10.9. The third kappa shape index (κ3) is 2.26. The van der Waals surface area contributed by atoms with Gasteiger partial charge in [-0.3, -0.25) is 4.98 Å². The van der Waals surface area contributed by atoms with E-state index in [1.165, 1.54) is 4.80 Å². The number of rotatable bonds is 3. The van der Waals surface area contributed by atoms with E-state index in [-0.39, 0.29) is 0 Å². The Morgan fingerprint density at radius 1 is 0.955 bits per heavy atom. The lowest BCUT2D eigenvalue weighted by Gasteiger charge is -2.01. The van der Waals surface area contributed by atoms with Crippen LogP contribution in [0.5, 0.6) is 0 Å². The van der Waals surface area contributed by atoms with Gasteiger partial charge >= 0.3 is 0 Å². The van der Waals surface area contributed by atoms with E-state index >= 15 is 0 Å². The Morgan fingerprint density at radius 2 is 1.95 bits per heavy atom. The topological polar surface area (TPSA) is 69.6 Å². The van der Waals surface area contributed by atoms with E-state index in [1.807, 2.05) is 54.6 Å². The second kappa shape index (κ2) is 5.25. The molecule has 106 valence electrons. The summed E-state index contributed by atoms with van der Waals surface area (Å²) >= 11 is 0. The molecule has 3 heterocycles. The highest BCUT2D eigenvalue weighted by Crippen LogP contribution is 2.22. The highest BCUT2D eigenvalue weighted by atomic mass is 16.3. The number of hydrogen-bond acceptors (Lipinski definition) is 5. The summed E-state index contributed by atoms with van der Waals surface area (Å²) in [4.78, 5) is 5.70. The Bertz CT molecular complexity index is 884. The normalized spacial score (nSPS) is 10.7.